The monoisotopic (exact) mass is 546 g/mol. The van der Waals surface area contributed by atoms with Crippen LogP contribution in [0.5, 0.6) is 5.75 Å². The Kier molecular flexibility index (Phi) is 7.48. The Morgan fingerprint density at radius 1 is 1.22 bits per heavy atom. The molecule has 2 fully saturated rings. The van der Waals surface area contributed by atoms with Crippen LogP contribution in [-0.2, 0) is 21.8 Å². The van der Waals surface area contributed by atoms with Gasteiger partial charge in [-0.15, -0.1) is 0 Å². The molecule has 11 heteroatoms. The third kappa shape index (κ3) is 5.65. The van der Waals surface area contributed by atoms with Crippen molar-refractivity contribution in [1.82, 2.24) is 14.5 Å². The van der Waals surface area contributed by atoms with Crippen molar-refractivity contribution in [3.63, 3.8) is 0 Å². The molecular formula is C26H28Cl2N4O5. The van der Waals surface area contributed by atoms with Crippen molar-refractivity contribution in [2.24, 2.45) is 0 Å². The molecule has 5 rings (SSSR count). The van der Waals surface area contributed by atoms with E-state index < -0.39 is 11.9 Å². The van der Waals surface area contributed by atoms with Crippen molar-refractivity contribution < 1.29 is 24.1 Å². The van der Waals surface area contributed by atoms with E-state index in [1.807, 2.05) is 48.0 Å². The smallest absolute Gasteiger partial charge is 0.407 e. The van der Waals surface area contributed by atoms with Crippen LogP contribution in [0.1, 0.15) is 12.5 Å². The van der Waals surface area contributed by atoms with Gasteiger partial charge in [0.05, 0.1) is 24.5 Å². The largest absolute Gasteiger partial charge is 0.491 e. The normalized spacial score (nSPS) is 23.9. The van der Waals surface area contributed by atoms with E-state index in [-0.39, 0.29) is 12.1 Å². The summed E-state index contributed by atoms with van der Waals surface area (Å²) in [5.74, 6) is -0.393. The second-order valence-corrected chi connectivity index (χ2v) is 10.1. The lowest BCUT2D eigenvalue weighted by atomic mass is 10.1. The van der Waals surface area contributed by atoms with Gasteiger partial charge in [-0.3, -0.25) is 0 Å². The maximum atomic E-state index is 11.3. The fourth-order valence-corrected chi connectivity index (χ4v) is 5.35. The van der Waals surface area contributed by atoms with Gasteiger partial charge in [0.1, 0.15) is 18.5 Å². The number of nitrogens with zero attached hydrogens (tertiary/aromatic N) is 4. The standard InChI is InChI=1S/C26H28Cl2N4O5/c1-18-13-31(10-11-32(18)25(33)34)20-3-5-21(6-4-20)35-14-22-15-36-26(37-22,16-30-9-8-29-17-30)23-7-2-19(27)12-24(23)28/h2-9,12,17-18,22H,10-11,13-16H2,1H3,(H,33,34). The van der Waals surface area contributed by atoms with E-state index in [9.17, 15) is 9.90 Å². The number of hydrogen-bond donors (Lipinski definition) is 1. The average molecular weight is 547 g/mol. The molecule has 3 heterocycles. The number of benzene rings is 2. The summed E-state index contributed by atoms with van der Waals surface area (Å²) in [7, 11) is 0. The van der Waals surface area contributed by atoms with Crippen molar-refractivity contribution in [3.05, 3.63) is 76.8 Å². The molecule has 0 aliphatic carbocycles. The van der Waals surface area contributed by atoms with E-state index in [1.165, 1.54) is 4.90 Å². The predicted octanol–water partition coefficient (Wildman–Crippen LogP) is 4.73. The predicted molar refractivity (Wildman–Crippen MR) is 140 cm³/mol. The number of piperazine rings is 1. The Balaban J connectivity index is 1.22. The third-order valence-corrected chi connectivity index (χ3v) is 7.21. The summed E-state index contributed by atoms with van der Waals surface area (Å²) in [5, 5.41) is 10.3. The summed E-state index contributed by atoms with van der Waals surface area (Å²) in [5.41, 5.74) is 1.72. The van der Waals surface area contributed by atoms with Crippen LogP contribution in [0.4, 0.5) is 10.5 Å². The number of carboxylic acid groups (broad SMARTS) is 1. The number of anilines is 1. The number of aromatic nitrogens is 2. The molecule has 2 aromatic carbocycles. The fraction of sp³-hybridized carbons (Fsp3) is 0.385. The SMILES string of the molecule is CC1CN(c2ccc(OCC3COC(Cn4ccnc4)(c4ccc(Cl)cc4Cl)O3)cc2)CCN1C(=O)O. The molecule has 0 saturated carbocycles. The van der Waals surface area contributed by atoms with Crippen LogP contribution in [0.2, 0.25) is 10.0 Å². The first-order valence-electron chi connectivity index (χ1n) is 12.0. The van der Waals surface area contributed by atoms with Crippen LogP contribution < -0.4 is 9.64 Å². The number of halogens is 2. The minimum Gasteiger partial charge on any atom is -0.491 e. The molecule has 1 aromatic heterocycles. The van der Waals surface area contributed by atoms with E-state index in [4.69, 9.17) is 37.4 Å². The van der Waals surface area contributed by atoms with Gasteiger partial charge in [-0.2, -0.15) is 0 Å². The van der Waals surface area contributed by atoms with Gasteiger partial charge < -0.3 is 33.7 Å². The van der Waals surface area contributed by atoms with E-state index in [1.54, 1.807) is 24.7 Å². The van der Waals surface area contributed by atoms with Gasteiger partial charge in [-0.1, -0.05) is 29.3 Å². The van der Waals surface area contributed by atoms with Gasteiger partial charge in [0.2, 0.25) is 5.79 Å². The molecule has 9 nitrogen and oxygen atoms in total. The van der Waals surface area contributed by atoms with Gasteiger partial charge in [-0.05, 0) is 43.3 Å². The molecule has 3 atom stereocenters. The highest BCUT2D eigenvalue weighted by atomic mass is 35.5. The zero-order valence-electron chi connectivity index (χ0n) is 20.3. The summed E-state index contributed by atoms with van der Waals surface area (Å²) in [4.78, 5) is 19.1. The number of carbonyl (C=O) groups is 1. The maximum Gasteiger partial charge on any atom is 0.407 e. The first-order valence-corrected chi connectivity index (χ1v) is 12.8. The van der Waals surface area contributed by atoms with Crippen LogP contribution in [-0.4, -0.2) is 70.6 Å². The maximum absolute atomic E-state index is 11.3. The zero-order valence-corrected chi connectivity index (χ0v) is 21.8. The number of imidazole rings is 1. The zero-order chi connectivity index (χ0) is 26.0. The molecule has 1 amide bonds. The van der Waals surface area contributed by atoms with Gasteiger partial charge >= 0.3 is 6.09 Å². The molecular weight excluding hydrogens is 519 g/mol. The topological polar surface area (TPSA) is 89.3 Å². The molecule has 2 aliphatic heterocycles. The molecule has 37 heavy (non-hydrogen) atoms. The molecule has 2 aliphatic rings. The molecule has 2 saturated heterocycles. The minimum absolute atomic E-state index is 0.0709. The van der Waals surface area contributed by atoms with E-state index >= 15 is 0 Å². The fourth-order valence-electron chi connectivity index (χ4n) is 4.79. The summed E-state index contributed by atoms with van der Waals surface area (Å²) < 4.78 is 20.6. The van der Waals surface area contributed by atoms with Crippen molar-refractivity contribution in [2.45, 2.75) is 31.4 Å². The molecule has 0 spiro atoms. The van der Waals surface area contributed by atoms with Gasteiger partial charge in [0, 0.05) is 54.3 Å². The second kappa shape index (κ2) is 10.8. The van der Waals surface area contributed by atoms with Gasteiger partial charge in [-0.25, -0.2) is 9.78 Å². The van der Waals surface area contributed by atoms with Crippen LogP contribution in [0.15, 0.2) is 61.2 Å². The molecule has 1 N–H and O–H groups in total. The van der Waals surface area contributed by atoms with Crippen molar-refractivity contribution in [3.8, 4) is 5.75 Å². The Bertz CT molecular complexity index is 1230. The second-order valence-electron chi connectivity index (χ2n) is 9.24. The van der Waals surface area contributed by atoms with Gasteiger partial charge in [0.15, 0.2) is 0 Å². The number of hydrogen-bond acceptors (Lipinski definition) is 6. The van der Waals surface area contributed by atoms with Crippen molar-refractivity contribution >= 4 is 35.0 Å². The summed E-state index contributed by atoms with van der Waals surface area (Å²) >= 11 is 12.6. The van der Waals surface area contributed by atoms with Crippen molar-refractivity contribution in [2.75, 3.05) is 37.7 Å². The number of ether oxygens (including phenoxy) is 3. The third-order valence-electron chi connectivity index (χ3n) is 6.66. The first kappa shape index (κ1) is 25.7. The Morgan fingerprint density at radius 2 is 2.03 bits per heavy atom. The minimum atomic E-state index is -1.10. The average Bonchev–Trinajstić information content (AvgIpc) is 3.53. The lowest BCUT2D eigenvalue weighted by Crippen LogP contribution is -2.53. The highest BCUT2D eigenvalue weighted by molar-refractivity contribution is 6.35. The van der Waals surface area contributed by atoms with E-state index in [0.717, 1.165) is 5.69 Å². The Labute approximate surface area is 225 Å². The highest BCUT2D eigenvalue weighted by Crippen LogP contribution is 2.40. The summed E-state index contributed by atoms with van der Waals surface area (Å²) in [6.45, 7) is 4.69. The molecule has 3 unspecified atom stereocenters. The Morgan fingerprint density at radius 3 is 2.70 bits per heavy atom. The van der Waals surface area contributed by atoms with E-state index in [0.29, 0.717) is 60.8 Å². The first-order chi connectivity index (χ1) is 17.8. The molecule has 0 bridgehead atoms. The van der Waals surface area contributed by atoms with Gasteiger partial charge in [0.25, 0.3) is 0 Å². The van der Waals surface area contributed by atoms with Crippen LogP contribution in [0.3, 0.4) is 0 Å². The quantitative estimate of drug-likeness (QED) is 0.458. The van der Waals surface area contributed by atoms with Crippen LogP contribution in [0.25, 0.3) is 0 Å². The van der Waals surface area contributed by atoms with Crippen molar-refractivity contribution in [1.29, 1.82) is 0 Å². The Hall–Kier alpha value is -2.98. The molecule has 0 radical (unpaired) electrons. The lowest BCUT2D eigenvalue weighted by molar-refractivity contribution is -0.189. The summed E-state index contributed by atoms with van der Waals surface area (Å²) in [6.07, 6.45) is 4.04. The number of rotatable bonds is 7. The summed E-state index contributed by atoms with van der Waals surface area (Å²) in [6, 6.07) is 13.0. The van der Waals surface area contributed by atoms with Crippen LogP contribution in [0, 0.1) is 0 Å². The lowest BCUT2D eigenvalue weighted by Gasteiger charge is -2.39. The molecule has 3 aromatic rings. The highest BCUT2D eigenvalue weighted by Gasteiger charge is 2.45. The molecule has 196 valence electrons. The number of amides is 1. The van der Waals surface area contributed by atoms with E-state index in [2.05, 4.69) is 9.88 Å². The van der Waals surface area contributed by atoms with Crippen LogP contribution >= 0.6 is 23.2 Å².